The molecule has 2 aliphatic rings. The number of piperazine rings is 1. The zero-order valence-corrected chi connectivity index (χ0v) is 20.0. The Bertz CT molecular complexity index is 1130. The highest BCUT2D eigenvalue weighted by Gasteiger charge is 2.28. The first kappa shape index (κ1) is 21.3. The number of aromatic nitrogens is 2. The van der Waals surface area contributed by atoms with E-state index in [1.165, 1.54) is 21.4 Å². The predicted molar refractivity (Wildman–Crippen MR) is 131 cm³/mol. The quantitative estimate of drug-likeness (QED) is 0.605. The molecule has 6 nitrogen and oxygen atoms in total. The van der Waals surface area contributed by atoms with Crippen molar-refractivity contribution in [3.8, 4) is 0 Å². The topological polar surface area (TPSA) is 52.6 Å². The van der Waals surface area contributed by atoms with E-state index in [1.807, 2.05) is 35.3 Å². The molecule has 2 aliphatic heterocycles. The van der Waals surface area contributed by atoms with Crippen LogP contribution in [-0.4, -0.2) is 64.9 Å². The first-order valence-electron chi connectivity index (χ1n) is 11.7. The summed E-state index contributed by atoms with van der Waals surface area (Å²) >= 11 is 1.83. The Labute approximate surface area is 193 Å². The first-order valence-corrected chi connectivity index (χ1v) is 12.5. The number of amides is 1. The van der Waals surface area contributed by atoms with Crippen molar-refractivity contribution in [3.05, 3.63) is 51.7 Å². The summed E-state index contributed by atoms with van der Waals surface area (Å²) in [5, 5.41) is 1.25. The maximum Gasteiger partial charge on any atom is 0.253 e. The third kappa shape index (κ3) is 3.88. The number of nitrogens with zero attached hydrogens (tertiary/aromatic N) is 5. The molecule has 0 radical (unpaired) electrons. The minimum Gasteiger partial charge on any atom is -0.352 e. The number of likely N-dealkylation sites (N-methyl/N-ethyl adjacent to an activating group) is 1. The van der Waals surface area contributed by atoms with Gasteiger partial charge in [-0.2, -0.15) is 0 Å². The summed E-state index contributed by atoms with van der Waals surface area (Å²) in [5.74, 6) is 2.02. The number of hydrogen-bond donors (Lipinski definition) is 0. The fourth-order valence-electron chi connectivity index (χ4n) is 4.82. The highest BCUT2D eigenvalue weighted by Crippen LogP contribution is 2.39. The van der Waals surface area contributed by atoms with Gasteiger partial charge in [-0.15, -0.1) is 11.3 Å². The lowest BCUT2D eigenvalue weighted by molar-refractivity contribution is 0.0746. The van der Waals surface area contributed by atoms with Crippen molar-refractivity contribution in [2.45, 2.75) is 40.2 Å². The molecule has 32 heavy (non-hydrogen) atoms. The molecule has 0 saturated carbocycles. The van der Waals surface area contributed by atoms with Crippen molar-refractivity contribution in [2.24, 2.45) is 0 Å². The molecule has 1 amide bonds. The van der Waals surface area contributed by atoms with Gasteiger partial charge in [-0.25, -0.2) is 9.97 Å². The third-order valence-electron chi connectivity index (χ3n) is 6.79. The molecule has 1 aromatic carbocycles. The number of carbonyl (C=O) groups excluding carboxylic acids is 1. The summed E-state index contributed by atoms with van der Waals surface area (Å²) in [4.78, 5) is 32.1. The number of fused-ring (bicyclic) bond motifs is 3. The minimum atomic E-state index is 0.129. The third-order valence-corrected chi connectivity index (χ3v) is 7.91. The summed E-state index contributed by atoms with van der Waals surface area (Å²) in [6, 6.07) is 8.04. The molecule has 0 atom stereocenters. The molecule has 3 aromatic rings. The second-order valence-electron chi connectivity index (χ2n) is 8.73. The molecule has 0 unspecified atom stereocenters. The second kappa shape index (κ2) is 8.79. The van der Waals surface area contributed by atoms with E-state index in [0.717, 1.165) is 80.7 Å². The van der Waals surface area contributed by atoms with Crippen LogP contribution in [0.4, 0.5) is 5.82 Å². The van der Waals surface area contributed by atoms with Crippen LogP contribution in [0.5, 0.6) is 0 Å². The number of thiophene rings is 1. The van der Waals surface area contributed by atoms with Gasteiger partial charge >= 0.3 is 0 Å². The molecule has 168 valence electrons. The molecule has 7 heteroatoms. The number of benzene rings is 1. The van der Waals surface area contributed by atoms with Gasteiger partial charge in [-0.3, -0.25) is 9.69 Å². The smallest absolute Gasteiger partial charge is 0.253 e. The lowest BCUT2D eigenvalue weighted by Gasteiger charge is -2.36. The largest absolute Gasteiger partial charge is 0.352 e. The van der Waals surface area contributed by atoms with E-state index in [2.05, 4.69) is 35.8 Å². The van der Waals surface area contributed by atoms with E-state index in [9.17, 15) is 4.79 Å². The van der Waals surface area contributed by atoms with Crippen LogP contribution in [0, 0.1) is 6.92 Å². The molecule has 2 aromatic heterocycles. The Morgan fingerprint density at radius 2 is 1.78 bits per heavy atom. The van der Waals surface area contributed by atoms with Crippen molar-refractivity contribution in [2.75, 3.05) is 44.2 Å². The van der Waals surface area contributed by atoms with Crippen molar-refractivity contribution >= 4 is 33.3 Å². The van der Waals surface area contributed by atoms with Gasteiger partial charge in [-0.05, 0) is 49.6 Å². The zero-order valence-electron chi connectivity index (χ0n) is 19.2. The van der Waals surface area contributed by atoms with Crippen molar-refractivity contribution in [3.63, 3.8) is 0 Å². The molecule has 4 heterocycles. The average molecular weight is 450 g/mol. The summed E-state index contributed by atoms with van der Waals surface area (Å²) in [7, 11) is 0. The highest BCUT2D eigenvalue weighted by atomic mass is 32.1. The number of aryl methyl sites for hydroxylation is 2. The van der Waals surface area contributed by atoms with Crippen LogP contribution in [0.3, 0.4) is 0 Å². The van der Waals surface area contributed by atoms with Crippen molar-refractivity contribution < 1.29 is 4.79 Å². The van der Waals surface area contributed by atoms with Crippen LogP contribution < -0.4 is 4.90 Å². The Morgan fingerprint density at radius 1 is 1.03 bits per heavy atom. The normalized spacial score (nSPS) is 17.1. The summed E-state index contributed by atoms with van der Waals surface area (Å²) in [6.07, 6.45) is 2.05. The van der Waals surface area contributed by atoms with E-state index in [-0.39, 0.29) is 5.91 Å². The number of anilines is 1. The Balaban J connectivity index is 1.37. The van der Waals surface area contributed by atoms with Crippen LogP contribution in [-0.2, 0) is 19.4 Å². The molecule has 1 saturated heterocycles. The zero-order chi connectivity index (χ0) is 22.2. The van der Waals surface area contributed by atoms with Gasteiger partial charge in [0.25, 0.3) is 5.91 Å². The fraction of sp³-hybridized carbons (Fsp3) is 0.480. The molecular formula is C25H31N5OS. The van der Waals surface area contributed by atoms with Crippen LogP contribution in [0.1, 0.15) is 46.0 Å². The molecule has 0 N–H and O–H groups in total. The Hall–Kier alpha value is -2.51. The van der Waals surface area contributed by atoms with Crippen LogP contribution in [0.15, 0.2) is 24.3 Å². The Morgan fingerprint density at radius 3 is 2.47 bits per heavy atom. The van der Waals surface area contributed by atoms with Gasteiger partial charge in [-0.1, -0.05) is 26.0 Å². The summed E-state index contributed by atoms with van der Waals surface area (Å²) < 4.78 is 0. The van der Waals surface area contributed by atoms with E-state index >= 15 is 0 Å². The van der Waals surface area contributed by atoms with Gasteiger partial charge in [0.1, 0.15) is 16.5 Å². The van der Waals surface area contributed by atoms with Crippen LogP contribution >= 0.6 is 11.3 Å². The molecule has 5 rings (SSSR count). The lowest BCUT2D eigenvalue weighted by Crippen LogP contribution is -2.49. The van der Waals surface area contributed by atoms with Crippen molar-refractivity contribution in [1.29, 1.82) is 0 Å². The molecule has 1 fully saturated rings. The SMILES string of the molecule is CCc1ccc(C(=O)N2CCN(c3nc(C)nc4sc5c(c34)CCN(CC)C5)CC2)cc1. The maximum absolute atomic E-state index is 13.0. The summed E-state index contributed by atoms with van der Waals surface area (Å²) in [5.41, 5.74) is 3.48. The lowest BCUT2D eigenvalue weighted by atomic mass is 10.0. The predicted octanol–water partition coefficient (Wildman–Crippen LogP) is 3.90. The Kier molecular flexibility index (Phi) is 5.86. The van der Waals surface area contributed by atoms with Gasteiger partial charge in [0.15, 0.2) is 0 Å². The summed E-state index contributed by atoms with van der Waals surface area (Å²) in [6.45, 7) is 12.6. The van der Waals surface area contributed by atoms with E-state index < -0.39 is 0 Å². The average Bonchev–Trinajstić information content (AvgIpc) is 3.20. The first-order chi connectivity index (χ1) is 15.6. The van der Waals surface area contributed by atoms with E-state index in [0.29, 0.717) is 0 Å². The monoisotopic (exact) mass is 449 g/mol. The standard InChI is InChI=1S/C25H31N5OS/c1-4-18-6-8-19(9-7-18)25(31)30-14-12-29(13-15-30)23-22-20-10-11-28(5-2)16-21(20)32-24(22)27-17(3)26-23/h6-9H,4-5,10-16H2,1-3H3. The molecule has 0 bridgehead atoms. The maximum atomic E-state index is 13.0. The van der Waals surface area contributed by atoms with Gasteiger partial charge in [0.05, 0.1) is 5.39 Å². The number of hydrogen-bond acceptors (Lipinski definition) is 6. The minimum absolute atomic E-state index is 0.129. The fourth-order valence-corrected chi connectivity index (χ4v) is 6.12. The van der Waals surface area contributed by atoms with Gasteiger partial charge in [0.2, 0.25) is 0 Å². The number of rotatable bonds is 4. The van der Waals surface area contributed by atoms with Gasteiger partial charge in [0, 0.05) is 49.7 Å². The van der Waals surface area contributed by atoms with E-state index in [4.69, 9.17) is 9.97 Å². The highest BCUT2D eigenvalue weighted by molar-refractivity contribution is 7.19. The van der Waals surface area contributed by atoms with Crippen LogP contribution in [0.2, 0.25) is 0 Å². The molecular weight excluding hydrogens is 418 g/mol. The van der Waals surface area contributed by atoms with Crippen molar-refractivity contribution in [1.82, 2.24) is 19.8 Å². The molecule has 0 aliphatic carbocycles. The van der Waals surface area contributed by atoms with E-state index in [1.54, 1.807) is 0 Å². The second-order valence-corrected chi connectivity index (χ2v) is 9.81. The molecule has 0 spiro atoms. The van der Waals surface area contributed by atoms with Crippen LogP contribution in [0.25, 0.3) is 10.2 Å². The van der Waals surface area contributed by atoms with Gasteiger partial charge < -0.3 is 9.80 Å². The number of carbonyl (C=O) groups is 1.